The van der Waals surface area contributed by atoms with Gasteiger partial charge in [-0.25, -0.2) is 14.6 Å². The standard InChI is InChI=1S/C43H45F4N5O4.2H2S/c1-40(2,3)55-38(53)51-17-7-9-35(51)34-22-27(23-48-34)25-12-15-29-28-14-11-24(19-30(28)42(44,45)43(46,47)31(29)20-25)26-13-16-32-33(21-26)50-37(49-32)36-10-8-18-52(36)39(54)56-41(4,5)6;;/h11-16,19-21,23,35-36H,7-10,17-18,22H2,1-6H3,(H,49,50);2*1H2/t35?,36-;;/m0../s1. The molecule has 2 atom stereocenters. The van der Waals surface area contributed by atoms with Crippen LogP contribution in [0.5, 0.6) is 0 Å². The van der Waals surface area contributed by atoms with Gasteiger partial charge in [0.1, 0.15) is 17.0 Å². The Morgan fingerprint density at radius 2 is 1.22 bits per heavy atom. The van der Waals surface area contributed by atoms with Crippen LogP contribution in [0.4, 0.5) is 27.2 Å². The van der Waals surface area contributed by atoms with Crippen molar-refractivity contribution in [2.24, 2.45) is 4.99 Å². The lowest BCUT2D eigenvalue weighted by Gasteiger charge is -2.35. The molecule has 3 aromatic carbocycles. The van der Waals surface area contributed by atoms with Crippen molar-refractivity contribution in [3.8, 4) is 22.3 Å². The molecule has 310 valence electrons. The highest BCUT2D eigenvalue weighted by molar-refractivity contribution is 7.59. The number of aromatic amines is 1. The highest BCUT2D eigenvalue weighted by Gasteiger charge is 2.63. The summed E-state index contributed by atoms with van der Waals surface area (Å²) in [4.78, 5) is 41.7. The maximum absolute atomic E-state index is 16.1. The topological polar surface area (TPSA) is 100 Å². The van der Waals surface area contributed by atoms with Gasteiger partial charge >= 0.3 is 24.0 Å². The predicted octanol–water partition coefficient (Wildman–Crippen LogP) is 11.0. The van der Waals surface area contributed by atoms with E-state index in [1.165, 1.54) is 12.1 Å². The number of nitrogens with zero attached hydrogens (tertiary/aromatic N) is 4. The summed E-state index contributed by atoms with van der Waals surface area (Å²) in [6.07, 6.45) is 3.97. The van der Waals surface area contributed by atoms with Crippen molar-refractivity contribution >= 4 is 61.5 Å². The number of aliphatic imine (C=N–C) groups is 1. The molecule has 4 heterocycles. The third kappa shape index (κ3) is 7.71. The van der Waals surface area contributed by atoms with E-state index in [-0.39, 0.29) is 50.2 Å². The lowest BCUT2D eigenvalue weighted by molar-refractivity contribution is -0.225. The number of imidazole rings is 1. The number of carbonyl (C=O) groups excluding carboxylic acids is 2. The fourth-order valence-electron chi connectivity index (χ4n) is 8.23. The quantitative estimate of drug-likeness (QED) is 0.206. The average Bonchev–Trinajstić information content (AvgIpc) is 3.94. The zero-order valence-electron chi connectivity index (χ0n) is 33.3. The number of hydrogen-bond acceptors (Lipinski definition) is 6. The van der Waals surface area contributed by atoms with Gasteiger partial charge in [-0.3, -0.25) is 14.8 Å². The number of rotatable bonds is 4. The van der Waals surface area contributed by atoms with Crippen molar-refractivity contribution in [2.45, 2.75) is 109 Å². The molecule has 1 aromatic heterocycles. The van der Waals surface area contributed by atoms with Gasteiger partial charge in [0, 0.05) is 42.5 Å². The average molecular weight is 840 g/mol. The van der Waals surface area contributed by atoms with Crippen LogP contribution in [-0.2, 0) is 21.3 Å². The van der Waals surface area contributed by atoms with Crippen molar-refractivity contribution in [3.63, 3.8) is 0 Å². The van der Waals surface area contributed by atoms with E-state index < -0.39 is 46.4 Å². The minimum Gasteiger partial charge on any atom is -0.444 e. The summed E-state index contributed by atoms with van der Waals surface area (Å²) >= 11 is 0. The second-order valence-electron chi connectivity index (χ2n) is 17.1. The molecule has 4 aromatic rings. The van der Waals surface area contributed by atoms with Gasteiger partial charge in [-0.05, 0) is 125 Å². The maximum atomic E-state index is 16.1. The Morgan fingerprint density at radius 1 is 0.724 bits per heavy atom. The zero-order chi connectivity index (χ0) is 39.9. The lowest BCUT2D eigenvalue weighted by Crippen LogP contribution is -2.43. The van der Waals surface area contributed by atoms with Crippen LogP contribution >= 0.6 is 27.0 Å². The molecule has 1 N–H and O–H groups in total. The molecule has 3 aliphatic heterocycles. The van der Waals surface area contributed by atoms with Gasteiger partial charge in [0.05, 0.1) is 23.1 Å². The Bertz CT molecular complexity index is 2330. The third-order valence-electron chi connectivity index (χ3n) is 10.8. The molecule has 4 aliphatic rings. The van der Waals surface area contributed by atoms with Crippen LogP contribution in [0.25, 0.3) is 38.9 Å². The van der Waals surface area contributed by atoms with E-state index in [0.717, 1.165) is 25.0 Å². The van der Waals surface area contributed by atoms with Crippen LogP contribution in [0, 0.1) is 0 Å². The van der Waals surface area contributed by atoms with Gasteiger partial charge in [-0.1, -0.05) is 30.3 Å². The van der Waals surface area contributed by atoms with E-state index in [1.54, 1.807) is 67.1 Å². The van der Waals surface area contributed by atoms with Crippen molar-refractivity contribution in [1.29, 1.82) is 0 Å². The van der Waals surface area contributed by atoms with Gasteiger partial charge < -0.3 is 14.5 Å². The van der Waals surface area contributed by atoms with Crippen LogP contribution in [0.2, 0.25) is 0 Å². The first kappa shape index (κ1) is 43.1. The van der Waals surface area contributed by atoms with E-state index in [0.29, 0.717) is 77.2 Å². The number of nitrogens with one attached hydrogen (secondary N) is 1. The number of carbonyl (C=O) groups is 2. The summed E-state index contributed by atoms with van der Waals surface area (Å²) in [6.45, 7) is 11.9. The van der Waals surface area contributed by atoms with Gasteiger partial charge in [0.15, 0.2) is 0 Å². The van der Waals surface area contributed by atoms with Crippen LogP contribution in [0.3, 0.4) is 0 Å². The van der Waals surface area contributed by atoms with E-state index in [4.69, 9.17) is 14.5 Å². The molecule has 2 fully saturated rings. The second kappa shape index (κ2) is 15.3. The molecule has 0 bridgehead atoms. The molecular formula is C43H49F4N5O4S2. The second-order valence-corrected chi connectivity index (χ2v) is 17.1. The smallest absolute Gasteiger partial charge is 0.410 e. The zero-order valence-corrected chi connectivity index (χ0v) is 35.3. The van der Waals surface area contributed by atoms with Crippen LogP contribution in [-0.4, -0.2) is 68.0 Å². The van der Waals surface area contributed by atoms with Gasteiger partial charge in [-0.15, -0.1) is 0 Å². The summed E-state index contributed by atoms with van der Waals surface area (Å²) in [5.41, 5.74) is 1.11. The fraction of sp³-hybridized carbons (Fsp3) is 0.442. The molecule has 2 saturated heterocycles. The number of H-pyrrole nitrogens is 1. The number of likely N-dealkylation sites (tertiary alicyclic amines) is 2. The predicted molar refractivity (Wildman–Crippen MR) is 226 cm³/mol. The number of amides is 2. The number of ether oxygens (including phenoxy) is 2. The summed E-state index contributed by atoms with van der Waals surface area (Å²) in [7, 11) is 0. The Hall–Kier alpha value is -4.50. The van der Waals surface area contributed by atoms with E-state index >= 15 is 17.6 Å². The van der Waals surface area contributed by atoms with Gasteiger partial charge in [0.25, 0.3) is 0 Å². The van der Waals surface area contributed by atoms with Crippen molar-refractivity contribution in [2.75, 3.05) is 13.1 Å². The van der Waals surface area contributed by atoms with Crippen molar-refractivity contribution < 1.29 is 36.6 Å². The summed E-state index contributed by atoms with van der Waals surface area (Å²) < 4.78 is 75.6. The van der Waals surface area contributed by atoms with Crippen LogP contribution in [0.15, 0.2) is 65.8 Å². The summed E-state index contributed by atoms with van der Waals surface area (Å²) in [5.74, 6) is -8.42. The molecule has 15 heteroatoms. The Morgan fingerprint density at radius 3 is 1.81 bits per heavy atom. The number of aromatic nitrogens is 2. The number of halogens is 4. The number of benzene rings is 3. The first-order valence-corrected chi connectivity index (χ1v) is 19.1. The normalized spacial score (nSPS) is 20.7. The van der Waals surface area contributed by atoms with E-state index in [1.807, 2.05) is 20.8 Å². The Labute approximate surface area is 349 Å². The molecule has 0 radical (unpaired) electrons. The number of alkyl halides is 4. The molecule has 58 heavy (non-hydrogen) atoms. The summed E-state index contributed by atoms with van der Waals surface area (Å²) in [6, 6.07) is 13.2. The molecule has 8 rings (SSSR count). The van der Waals surface area contributed by atoms with Crippen molar-refractivity contribution in [3.05, 3.63) is 83.3 Å². The molecule has 0 spiro atoms. The first-order valence-electron chi connectivity index (χ1n) is 19.1. The molecule has 1 aliphatic carbocycles. The maximum Gasteiger partial charge on any atom is 0.410 e. The van der Waals surface area contributed by atoms with Gasteiger partial charge in [0.2, 0.25) is 0 Å². The van der Waals surface area contributed by atoms with Crippen LogP contribution in [0.1, 0.15) is 102 Å². The molecule has 2 amide bonds. The number of hydrogen-bond donors (Lipinski definition) is 1. The highest BCUT2D eigenvalue weighted by Crippen LogP contribution is 2.58. The number of fused-ring (bicyclic) bond motifs is 4. The fourth-order valence-corrected chi connectivity index (χ4v) is 8.23. The minimum absolute atomic E-state index is 0. The van der Waals surface area contributed by atoms with Gasteiger partial charge in [-0.2, -0.15) is 44.6 Å². The summed E-state index contributed by atoms with van der Waals surface area (Å²) in [5, 5.41) is 0. The Balaban J connectivity index is 0.00000283. The van der Waals surface area contributed by atoms with E-state index in [9.17, 15) is 9.59 Å². The minimum atomic E-state index is -4.51. The van der Waals surface area contributed by atoms with E-state index in [2.05, 4.69) is 9.98 Å². The molecule has 0 saturated carbocycles. The van der Waals surface area contributed by atoms with Crippen molar-refractivity contribution in [1.82, 2.24) is 19.8 Å². The Kier molecular flexibility index (Phi) is 11.3. The highest BCUT2D eigenvalue weighted by atomic mass is 32.1. The SMILES string of the molecule is CC(C)(C)OC(=O)N1CCCC1C1=NC=C(c2ccc3c(c2)C(F)(F)C(F)(F)c2cc(-c4ccc5nc([C@@H]6CCCN6C(=O)OC(C)(C)C)[nH]c5c4)ccc2-3)C1.S.S. The monoisotopic (exact) mass is 839 g/mol. The third-order valence-corrected chi connectivity index (χ3v) is 10.8. The largest absolute Gasteiger partial charge is 0.444 e. The molecule has 9 nitrogen and oxygen atoms in total. The van der Waals surface area contributed by atoms with Crippen LogP contribution < -0.4 is 0 Å². The number of allylic oxidation sites excluding steroid dienone is 1. The molecule has 1 unspecified atom stereocenters. The lowest BCUT2D eigenvalue weighted by atomic mass is 9.78. The molecular weight excluding hydrogens is 791 g/mol. The first-order chi connectivity index (χ1) is 26.3.